The molecule has 1 unspecified atom stereocenters. The Morgan fingerprint density at radius 2 is 1.78 bits per heavy atom. The highest BCUT2D eigenvalue weighted by Crippen LogP contribution is 2.37. The summed E-state index contributed by atoms with van der Waals surface area (Å²) in [4.78, 5) is 0. The van der Waals surface area contributed by atoms with Crippen molar-refractivity contribution in [1.82, 2.24) is 0 Å². The van der Waals surface area contributed by atoms with Crippen LogP contribution >= 0.6 is 23.2 Å². The van der Waals surface area contributed by atoms with Crippen LogP contribution in [0.1, 0.15) is 29.0 Å². The minimum atomic E-state index is 0.376. The van der Waals surface area contributed by atoms with Crippen molar-refractivity contribution in [2.24, 2.45) is 0 Å². The molecule has 3 rings (SSSR count). The number of rotatable bonds is 1. The van der Waals surface area contributed by atoms with E-state index in [0.717, 1.165) is 6.42 Å². The molecule has 18 heavy (non-hydrogen) atoms. The number of halogens is 2. The van der Waals surface area contributed by atoms with Gasteiger partial charge >= 0.3 is 0 Å². The third-order valence-corrected chi connectivity index (χ3v) is 4.13. The molecular formula is C16H12Cl2. The van der Waals surface area contributed by atoms with Crippen molar-refractivity contribution in [3.05, 3.63) is 75.3 Å². The first-order chi connectivity index (χ1) is 8.75. The highest BCUT2D eigenvalue weighted by Gasteiger charge is 2.18. The van der Waals surface area contributed by atoms with Crippen LogP contribution in [-0.2, 0) is 0 Å². The summed E-state index contributed by atoms with van der Waals surface area (Å²) in [6.07, 6.45) is 5.41. The quantitative estimate of drug-likeness (QED) is 0.640. The van der Waals surface area contributed by atoms with Crippen LogP contribution in [0.4, 0.5) is 0 Å². The van der Waals surface area contributed by atoms with Gasteiger partial charge in [0.05, 0.1) is 10.0 Å². The van der Waals surface area contributed by atoms with Crippen molar-refractivity contribution >= 4 is 29.3 Å². The molecule has 1 aliphatic rings. The minimum Gasteiger partial charge on any atom is -0.0830 e. The minimum absolute atomic E-state index is 0.376. The second kappa shape index (κ2) is 4.79. The third kappa shape index (κ3) is 2.07. The SMILES string of the molecule is Clc1ccc(C2CC=Cc3ccccc32)cc1Cl. The molecule has 0 nitrogen and oxygen atoms in total. The molecular weight excluding hydrogens is 263 g/mol. The zero-order valence-electron chi connectivity index (χ0n) is 9.74. The van der Waals surface area contributed by atoms with E-state index in [2.05, 4.69) is 42.5 Å². The smallest absolute Gasteiger partial charge is 0.0595 e. The highest BCUT2D eigenvalue weighted by molar-refractivity contribution is 6.42. The molecule has 90 valence electrons. The molecule has 2 heteroatoms. The Morgan fingerprint density at radius 1 is 0.944 bits per heavy atom. The summed E-state index contributed by atoms with van der Waals surface area (Å²) < 4.78 is 0. The lowest BCUT2D eigenvalue weighted by Gasteiger charge is -2.22. The predicted octanol–water partition coefficient (Wildman–Crippen LogP) is 5.54. The Kier molecular flexibility index (Phi) is 3.15. The molecule has 0 fully saturated rings. The van der Waals surface area contributed by atoms with Crippen LogP contribution in [0.25, 0.3) is 6.08 Å². The summed E-state index contributed by atoms with van der Waals surface area (Å²) in [5.41, 5.74) is 3.87. The van der Waals surface area contributed by atoms with Gasteiger partial charge in [-0.05, 0) is 35.2 Å². The Hall–Kier alpha value is -1.24. The second-order valence-corrected chi connectivity index (χ2v) is 5.31. The molecule has 1 aliphatic carbocycles. The summed E-state index contributed by atoms with van der Waals surface area (Å²) in [6, 6.07) is 14.4. The molecule has 1 atom stereocenters. The average molecular weight is 275 g/mol. The van der Waals surface area contributed by atoms with Crippen molar-refractivity contribution in [2.75, 3.05) is 0 Å². The van der Waals surface area contributed by atoms with E-state index in [0.29, 0.717) is 16.0 Å². The summed E-state index contributed by atoms with van der Waals surface area (Å²) in [7, 11) is 0. The average Bonchev–Trinajstić information content (AvgIpc) is 2.41. The van der Waals surface area contributed by atoms with Crippen LogP contribution in [0, 0.1) is 0 Å². The van der Waals surface area contributed by atoms with Gasteiger partial charge in [-0.3, -0.25) is 0 Å². The largest absolute Gasteiger partial charge is 0.0830 e. The van der Waals surface area contributed by atoms with Gasteiger partial charge < -0.3 is 0 Å². The van der Waals surface area contributed by atoms with Crippen LogP contribution in [0.2, 0.25) is 10.0 Å². The Morgan fingerprint density at radius 3 is 2.61 bits per heavy atom. The van der Waals surface area contributed by atoms with Gasteiger partial charge in [0.1, 0.15) is 0 Å². The molecule has 0 bridgehead atoms. The van der Waals surface area contributed by atoms with E-state index in [9.17, 15) is 0 Å². The lowest BCUT2D eigenvalue weighted by Crippen LogP contribution is -2.05. The lowest BCUT2D eigenvalue weighted by atomic mass is 9.82. The van der Waals surface area contributed by atoms with Crippen molar-refractivity contribution < 1.29 is 0 Å². The Balaban J connectivity index is 2.08. The van der Waals surface area contributed by atoms with Crippen LogP contribution < -0.4 is 0 Å². The first-order valence-corrected chi connectivity index (χ1v) is 6.72. The molecule has 2 aromatic carbocycles. The van der Waals surface area contributed by atoms with Crippen LogP contribution in [-0.4, -0.2) is 0 Å². The Labute approximate surface area is 117 Å². The van der Waals surface area contributed by atoms with Gasteiger partial charge in [0, 0.05) is 5.92 Å². The van der Waals surface area contributed by atoms with Gasteiger partial charge in [-0.25, -0.2) is 0 Å². The second-order valence-electron chi connectivity index (χ2n) is 4.49. The molecule has 0 N–H and O–H groups in total. The van der Waals surface area contributed by atoms with E-state index in [4.69, 9.17) is 23.2 Å². The summed E-state index contributed by atoms with van der Waals surface area (Å²) in [5.74, 6) is 0.376. The fraction of sp³-hybridized carbons (Fsp3) is 0.125. The standard InChI is InChI=1S/C16H12Cl2/c17-15-9-8-12(10-16(15)18)14-7-3-5-11-4-1-2-6-13(11)14/h1-6,8-10,14H,7H2. The monoisotopic (exact) mass is 274 g/mol. The number of hydrogen-bond acceptors (Lipinski definition) is 0. The summed E-state index contributed by atoms with van der Waals surface area (Å²) in [5, 5.41) is 1.24. The molecule has 0 heterocycles. The molecule has 0 aliphatic heterocycles. The van der Waals surface area contributed by atoms with E-state index in [1.807, 2.05) is 12.1 Å². The van der Waals surface area contributed by atoms with E-state index in [1.54, 1.807) is 0 Å². The maximum Gasteiger partial charge on any atom is 0.0595 e. The number of allylic oxidation sites excluding steroid dienone is 1. The Bertz CT molecular complexity index is 614. The van der Waals surface area contributed by atoms with Gasteiger partial charge in [0.15, 0.2) is 0 Å². The summed E-state index contributed by atoms with van der Waals surface area (Å²) >= 11 is 12.1. The van der Waals surface area contributed by atoms with E-state index in [-0.39, 0.29) is 0 Å². The maximum absolute atomic E-state index is 6.11. The van der Waals surface area contributed by atoms with Crippen LogP contribution in [0.15, 0.2) is 48.5 Å². The molecule has 0 radical (unpaired) electrons. The maximum atomic E-state index is 6.11. The van der Waals surface area contributed by atoms with Gasteiger partial charge in [-0.2, -0.15) is 0 Å². The fourth-order valence-corrected chi connectivity index (χ4v) is 2.79. The van der Waals surface area contributed by atoms with E-state index >= 15 is 0 Å². The van der Waals surface area contributed by atoms with Gasteiger partial charge in [-0.1, -0.05) is 65.7 Å². The third-order valence-electron chi connectivity index (χ3n) is 3.39. The molecule has 2 aromatic rings. The molecule has 0 saturated heterocycles. The summed E-state index contributed by atoms with van der Waals surface area (Å²) in [6.45, 7) is 0. The normalized spacial score (nSPS) is 17.6. The predicted molar refractivity (Wildman–Crippen MR) is 78.4 cm³/mol. The zero-order valence-corrected chi connectivity index (χ0v) is 11.2. The van der Waals surface area contributed by atoms with Crippen molar-refractivity contribution in [1.29, 1.82) is 0 Å². The number of benzene rings is 2. The van der Waals surface area contributed by atoms with Gasteiger partial charge in [-0.15, -0.1) is 0 Å². The molecule has 0 saturated carbocycles. The van der Waals surface area contributed by atoms with Crippen molar-refractivity contribution in [3.8, 4) is 0 Å². The van der Waals surface area contributed by atoms with Crippen LogP contribution in [0.5, 0.6) is 0 Å². The van der Waals surface area contributed by atoms with Crippen molar-refractivity contribution in [2.45, 2.75) is 12.3 Å². The van der Waals surface area contributed by atoms with E-state index < -0.39 is 0 Å². The highest BCUT2D eigenvalue weighted by atomic mass is 35.5. The molecule has 0 amide bonds. The van der Waals surface area contributed by atoms with Gasteiger partial charge in [0.2, 0.25) is 0 Å². The zero-order chi connectivity index (χ0) is 12.5. The molecule has 0 spiro atoms. The first-order valence-electron chi connectivity index (χ1n) is 5.96. The van der Waals surface area contributed by atoms with Crippen molar-refractivity contribution in [3.63, 3.8) is 0 Å². The topological polar surface area (TPSA) is 0 Å². The number of hydrogen-bond donors (Lipinski definition) is 0. The van der Waals surface area contributed by atoms with E-state index in [1.165, 1.54) is 16.7 Å². The fourth-order valence-electron chi connectivity index (χ4n) is 2.48. The molecule has 0 aromatic heterocycles. The van der Waals surface area contributed by atoms with Gasteiger partial charge in [0.25, 0.3) is 0 Å². The lowest BCUT2D eigenvalue weighted by molar-refractivity contribution is 0.819. The number of fused-ring (bicyclic) bond motifs is 1. The first kappa shape index (κ1) is 11.8. The van der Waals surface area contributed by atoms with Crippen LogP contribution in [0.3, 0.4) is 0 Å².